The minimum Gasteiger partial charge on any atom is -0.477 e. The molecule has 4 heteroatoms. The maximum absolute atomic E-state index is 10.8. The average Bonchev–Trinajstić information content (AvgIpc) is 2.38. The van der Waals surface area contributed by atoms with Crippen molar-refractivity contribution >= 4 is 17.7 Å². The Kier molecular flexibility index (Phi) is 5.13. The van der Waals surface area contributed by atoms with Gasteiger partial charge in [-0.05, 0) is 50.1 Å². The zero-order valence-corrected chi connectivity index (χ0v) is 11.5. The van der Waals surface area contributed by atoms with Gasteiger partial charge in [-0.2, -0.15) is 5.26 Å². The lowest BCUT2D eigenvalue weighted by Gasteiger charge is -2.21. The first-order chi connectivity index (χ1) is 9.03. The lowest BCUT2D eigenvalue weighted by atomic mass is 10.0. The molecule has 0 radical (unpaired) electrons. The molecule has 100 valence electrons. The van der Waals surface area contributed by atoms with Gasteiger partial charge in [0.15, 0.2) is 0 Å². The number of aliphatic carboxylic acids is 1. The largest absolute Gasteiger partial charge is 0.477 e. The first-order valence-electron chi connectivity index (χ1n) is 6.24. The second-order valence-corrected chi connectivity index (χ2v) is 4.19. The zero-order valence-electron chi connectivity index (χ0n) is 11.5. The second-order valence-electron chi connectivity index (χ2n) is 4.19. The first-order valence-corrected chi connectivity index (χ1v) is 6.24. The molecule has 19 heavy (non-hydrogen) atoms. The van der Waals surface area contributed by atoms with Gasteiger partial charge in [-0.3, -0.25) is 0 Å². The van der Waals surface area contributed by atoms with E-state index in [9.17, 15) is 4.79 Å². The van der Waals surface area contributed by atoms with Gasteiger partial charge >= 0.3 is 5.97 Å². The van der Waals surface area contributed by atoms with Crippen LogP contribution in [-0.4, -0.2) is 24.2 Å². The van der Waals surface area contributed by atoms with E-state index in [1.807, 2.05) is 25.1 Å². The van der Waals surface area contributed by atoms with Gasteiger partial charge in [-0.15, -0.1) is 0 Å². The van der Waals surface area contributed by atoms with Gasteiger partial charge in [0.2, 0.25) is 0 Å². The molecule has 0 heterocycles. The fraction of sp³-hybridized carbons (Fsp3) is 0.333. The molecular weight excluding hydrogens is 240 g/mol. The molecule has 0 unspecified atom stereocenters. The molecule has 0 aromatic heterocycles. The lowest BCUT2D eigenvalue weighted by Crippen LogP contribution is -2.21. The number of aryl methyl sites for hydroxylation is 1. The molecule has 0 spiro atoms. The van der Waals surface area contributed by atoms with Gasteiger partial charge in [-0.1, -0.05) is 6.07 Å². The van der Waals surface area contributed by atoms with Crippen LogP contribution in [0.2, 0.25) is 0 Å². The Bertz CT molecular complexity index is 538. The number of anilines is 1. The van der Waals surface area contributed by atoms with E-state index in [4.69, 9.17) is 10.4 Å². The van der Waals surface area contributed by atoms with E-state index in [1.165, 1.54) is 6.08 Å². The van der Waals surface area contributed by atoms with Gasteiger partial charge in [0.05, 0.1) is 0 Å². The summed E-state index contributed by atoms with van der Waals surface area (Å²) in [6, 6.07) is 7.50. The topological polar surface area (TPSA) is 64.3 Å². The number of hydrogen-bond donors (Lipinski definition) is 1. The molecule has 0 amide bonds. The third kappa shape index (κ3) is 3.59. The van der Waals surface area contributed by atoms with Crippen molar-refractivity contribution in [3.63, 3.8) is 0 Å². The van der Waals surface area contributed by atoms with Crippen molar-refractivity contribution in [2.24, 2.45) is 0 Å². The molecule has 0 saturated heterocycles. The van der Waals surface area contributed by atoms with Crippen molar-refractivity contribution in [3.8, 4) is 6.07 Å². The second kappa shape index (κ2) is 6.60. The summed E-state index contributed by atoms with van der Waals surface area (Å²) in [6.07, 6.45) is 1.41. The van der Waals surface area contributed by atoms with E-state index in [2.05, 4.69) is 18.7 Å². The third-order valence-electron chi connectivity index (χ3n) is 3.03. The average molecular weight is 258 g/mol. The van der Waals surface area contributed by atoms with Crippen LogP contribution >= 0.6 is 0 Å². The Hall–Kier alpha value is -2.28. The summed E-state index contributed by atoms with van der Waals surface area (Å²) >= 11 is 0. The minimum absolute atomic E-state index is 0.251. The summed E-state index contributed by atoms with van der Waals surface area (Å²) in [5.74, 6) is -1.20. The van der Waals surface area contributed by atoms with Crippen LogP contribution in [0.25, 0.3) is 6.08 Å². The monoisotopic (exact) mass is 258 g/mol. The molecule has 0 bridgehead atoms. The number of carboxylic acid groups (broad SMARTS) is 1. The zero-order chi connectivity index (χ0) is 14.4. The Balaban J connectivity index is 3.15. The molecule has 1 N–H and O–H groups in total. The normalized spacial score (nSPS) is 10.9. The number of nitrogens with zero attached hydrogens (tertiary/aromatic N) is 2. The Morgan fingerprint density at radius 3 is 2.47 bits per heavy atom. The molecule has 0 aliphatic rings. The number of rotatable bonds is 5. The summed E-state index contributed by atoms with van der Waals surface area (Å²) in [7, 11) is 0. The van der Waals surface area contributed by atoms with Gasteiger partial charge in [0, 0.05) is 18.8 Å². The predicted molar refractivity (Wildman–Crippen MR) is 76.0 cm³/mol. The van der Waals surface area contributed by atoms with Gasteiger partial charge in [0.1, 0.15) is 11.6 Å². The maximum Gasteiger partial charge on any atom is 0.346 e. The van der Waals surface area contributed by atoms with E-state index in [0.29, 0.717) is 0 Å². The van der Waals surface area contributed by atoms with E-state index < -0.39 is 5.97 Å². The predicted octanol–water partition coefficient (Wildman–Crippen LogP) is 2.83. The first kappa shape index (κ1) is 14.8. The number of nitriles is 1. The summed E-state index contributed by atoms with van der Waals surface area (Å²) in [5.41, 5.74) is 2.57. The van der Waals surface area contributed by atoms with E-state index in [1.54, 1.807) is 6.07 Å². The van der Waals surface area contributed by atoms with E-state index >= 15 is 0 Å². The smallest absolute Gasteiger partial charge is 0.346 e. The summed E-state index contributed by atoms with van der Waals surface area (Å²) in [4.78, 5) is 13.0. The van der Waals surface area contributed by atoms with Crippen LogP contribution in [0.5, 0.6) is 0 Å². The quantitative estimate of drug-likeness (QED) is 0.651. The summed E-state index contributed by atoms with van der Waals surface area (Å²) in [5, 5.41) is 17.6. The fourth-order valence-corrected chi connectivity index (χ4v) is 1.90. The standard InChI is InChI=1S/C15H18N2O2/c1-4-17(5-2)14-7-6-12(11(3)8-14)9-13(10-16)15(18)19/h6-9H,4-5H2,1-3H3,(H,18,19). The molecule has 1 aromatic carbocycles. The van der Waals surface area contributed by atoms with Gasteiger partial charge in [-0.25, -0.2) is 4.79 Å². The fourth-order valence-electron chi connectivity index (χ4n) is 1.90. The van der Waals surface area contributed by atoms with Gasteiger partial charge in [0.25, 0.3) is 0 Å². The highest BCUT2D eigenvalue weighted by Gasteiger charge is 2.08. The number of benzene rings is 1. The molecular formula is C15H18N2O2. The van der Waals surface area contributed by atoms with Crippen LogP contribution in [0.15, 0.2) is 23.8 Å². The minimum atomic E-state index is -1.20. The third-order valence-corrected chi connectivity index (χ3v) is 3.03. The Morgan fingerprint density at radius 2 is 2.05 bits per heavy atom. The highest BCUT2D eigenvalue weighted by Crippen LogP contribution is 2.21. The highest BCUT2D eigenvalue weighted by atomic mass is 16.4. The van der Waals surface area contributed by atoms with Crippen LogP contribution in [0.1, 0.15) is 25.0 Å². The summed E-state index contributed by atoms with van der Waals surface area (Å²) in [6.45, 7) is 7.93. The van der Waals surface area contributed by atoms with Crippen LogP contribution in [0.4, 0.5) is 5.69 Å². The Labute approximate surface area is 113 Å². The van der Waals surface area contributed by atoms with Crippen LogP contribution in [0.3, 0.4) is 0 Å². The molecule has 0 atom stereocenters. The van der Waals surface area contributed by atoms with Crippen LogP contribution in [0, 0.1) is 18.3 Å². The number of hydrogen-bond acceptors (Lipinski definition) is 3. The highest BCUT2D eigenvalue weighted by molar-refractivity contribution is 5.96. The molecule has 0 fully saturated rings. The lowest BCUT2D eigenvalue weighted by molar-refractivity contribution is -0.132. The van der Waals surface area contributed by atoms with Crippen molar-refractivity contribution in [2.45, 2.75) is 20.8 Å². The molecule has 4 nitrogen and oxygen atoms in total. The molecule has 0 aliphatic heterocycles. The van der Waals surface area contributed by atoms with Crippen molar-refractivity contribution in [1.82, 2.24) is 0 Å². The van der Waals surface area contributed by atoms with Crippen LogP contribution < -0.4 is 4.90 Å². The number of carbonyl (C=O) groups is 1. The van der Waals surface area contributed by atoms with Gasteiger partial charge < -0.3 is 10.0 Å². The molecule has 0 aliphatic carbocycles. The van der Waals surface area contributed by atoms with Crippen molar-refractivity contribution < 1.29 is 9.90 Å². The molecule has 1 rings (SSSR count). The number of carboxylic acids is 1. The van der Waals surface area contributed by atoms with Crippen LogP contribution in [-0.2, 0) is 4.79 Å². The maximum atomic E-state index is 10.8. The van der Waals surface area contributed by atoms with Crippen molar-refractivity contribution in [3.05, 3.63) is 34.9 Å². The van der Waals surface area contributed by atoms with Crippen molar-refractivity contribution in [2.75, 3.05) is 18.0 Å². The van der Waals surface area contributed by atoms with Crippen molar-refractivity contribution in [1.29, 1.82) is 5.26 Å². The Morgan fingerprint density at radius 1 is 1.42 bits per heavy atom. The SMILES string of the molecule is CCN(CC)c1ccc(C=C(C#N)C(=O)O)c(C)c1. The van der Waals surface area contributed by atoms with E-state index in [-0.39, 0.29) is 5.57 Å². The van der Waals surface area contributed by atoms with E-state index in [0.717, 1.165) is 29.9 Å². The summed E-state index contributed by atoms with van der Waals surface area (Å²) < 4.78 is 0. The molecule has 0 saturated carbocycles. The molecule has 1 aromatic rings.